The Morgan fingerprint density at radius 3 is 2.82 bits per heavy atom. The summed E-state index contributed by atoms with van der Waals surface area (Å²) in [7, 11) is 0. The molecule has 1 aromatic rings. The molecule has 0 saturated heterocycles. The van der Waals surface area contributed by atoms with Gasteiger partial charge in [0.2, 0.25) is 0 Å². The first kappa shape index (κ1) is 14.3. The van der Waals surface area contributed by atoms with Gasteiger partial charge < -0.3 is 10.2 Å². The zero-order chi connectivity index (χ0) is 15.5. The molecule has 0 radical (unpaired) electrons. The lowest BCUT2D eigenvalue weighted by molar-refractivity contribution is -0.0226. The van der Waals surface area contributed by atoms with Gasteiger partial charge in [-0.3, -0.25) is 4.79 Å². The second-order valence-corrected chi connectivity index (χ2v) is 7.74. The van der Waals surface area contributed by atoms with Gasteiger partial charge in [-0.2, -0.15) is 0 Å². The molecule has 0 spiro atoms. The maximum Gasteiger partial charge on any atom is 0.154 e. The lowest BCUT2D eigenvalue weighted by Gasteiger charge is -2.50. The lowest BCUT2D eigenvalue weighted by Crippen LogP contribution is -2.44. The van der Waals surface area contributed by atoms with E-state index in [1.54, 1.807) is 6.07 Å². The number of phenolic OH excluding ortho intramolecular Hbond substituents is 1. The third-order valence-corrected chi connectivity index (χ3v) is 7.00. The standard InChI is InChI=1S/C19H24O3/c1-19-9-8-13-11-4-6-17(21)15(10-20)12(11)2-3-14(13)16(19)5-7-18(19)22/h4,6,10,13-14,16,18,21-22H,2-3,5,7-9H2,1H3/t13?,14?,16?,18-,19?/m0/s1. The molecule has 1 aromatic carbocycles. The summed E-state index contributed by atoms with van der Waals surface area (Å²) in [5.41, 5.74) is 2.93. The number of aliphatic hydroxyl groups excluding tert-OH is 1. The SMILES string of the molecule is CC12CCC3c4ccc(O)c(C=O)c4CCC3C1CC[C@@H]2O. The van der Waals surface area contributed by atoms with Crippen LogP contribution in [0.15, 0.2) is 12.1 Å². The van der Waals surface area contributed by atoms with E-state index in [-0.39, 0.29) is 17.3 Å². The van der Waals surface area contributed by atoms with Crippen LogP contribution in [0.2, 0.25) is 0 Å². The van der Waals surface area contributed by atoms with Crippen LogP contribution < -0.4 is 0 Å². The number of rotatable bonds is 1. The van der Waals surface area contributed by atoms with E-state index in [9.17, 15) is 15.0 Å². The van der Waals surface area contributed by atoms with Crippen LogP contribution in [0.5, 0.6) is 5.75 Å². The molecule has 3 aliphatic rings. The molecule has 2 saturated carbocycles. The number of carbonyl (C=O) groups excluding carboxylic acids is 1. The van der Waals surface area contributed by atoms with Crippen LogP contribution in [0, 0.1) is 17.3 Å². The van der Waals surface area contributed by atoms with E-state index in [4.69, 9.17) is 0 Å². The van der Waals surface area contributed by atoms with Crippen LogP contribution in [0.3, 0.4) is 0 Å². The summed E-state index contributed by atoms with van der Waals surface area (Å²) >= 11 is 0. The second kappa shape index (κ2) is 4.82. The number of benzene rings is 1. The van der Waals surface area contributed by atoms with Crippen molar-refractivity contribution in [2.24, 2.45) is 17.3 Å². The maximum atomic E-state index is 11.3. The van der Waals surface area contributed by atoms with E-state index < -0.39 is 0 Å². The second-order valence-electron chi connectivity index (χ2n) is 7.74. The van der Waals surface area contributed by atoms with Crippen molar-refractivity contribution in [3.63, 3.8) is 0 Å². The van der Waals surface area contributed by atoms with Crippen molar-refractivity contribution in [3.05, 3.63) is 28.8 Å². The van der Waals surface area contributed by atoms with Crippen molar-refractivity contribution < 1.29 is 15.0 Å². The van der Waals surface area contributed by atoms with Crippen molar-refractivity contribution in [1.29, 1.82) is 0 Å². The molecule has 2 N–H and O–H groups in total. The number of fused-ring (bicyclic) bond motifs is 5. The minimum Gasteiger partial charge on any atom is -0.507 e. The third kappa shape index (κ3) is 1.75. The average Bonchev–Trinajstić information content (AvgIpc) is 2.82. The summed E-state index contributed by atoms with van der Waals surface area (Å²) in [6.07, 6.45) is 6.84. The van der Waals surface area contributed by atoms with Crippen molar-refractivity contribution in [2.75, 3.05) is 0 Å². The third-order valence-electron chi connectivity index (χ3n) is 7.00. The molecule has 4 rings (SSSR count). The summed E-state index contributed by atoms with van der Waals surface area (Å²) in [6, 6.07) is 3.71. The molecular formula is C19H24O3. The molecule has 3 heteroatoms. The smallest absolute Gasteiger partial charge is 0.154 e. The fraction of sp³-hybridized carbons (Fsp3) is 0.632. The lowest BCUT2D eigenvalue weighted by atomic mass is 9.55. The molecule has 22 heavy (non-hydrogen) atoms. The first-order valence-electron chi connectivity index (χ1n) is 8.54. The van der Waals surface area contributed by atoms with Gasteiger partial charge in [0.25, 0.3) is 0 Å². The molecular weight excluding hydrogens is 276 g/mol. The van der Waals surface area contributed by atoms with Crippen molar-refractivity contribution >= 4 is 6.29 Å². The molecule has 0 amide bonds. The zero-order valence-corrected chi connectivity index (χ0v) is 13.1. The summed E-state index contributed by atoms with van der Waals surface area (Å²) in [5.74, 6) is 1.82. The number of hydrogen-bond acceptors (Lipinski definition) is 3. The van der Waals surface area contributed by atoms with Crippen LogP contribution in [0.1, 0.15) is 66.4 Å². The molecule has 2 fully saturated rings. The molecule has 0 aliphatic heterocycles. The van der Waals surface area contributed by atoms with E-state index in [1.165, 1.54) is 5.56 Å². The minimum absolute atomic E-state index is 0.0864. The maximum absolute atomic E-state index is 11.3. The molecule has 4 unspecified atom stereocenters. The molecule has 3 nitrogen and oxygen atoms in total. The topological polar surface area (TPSA) is 57.5 Å². The van der Waals surface area contributed by atoms with E-state index in [2.05, 4.69) is 6.92 Å². The largest absolute Gasteiger partial charge is 0.507 e. The number of hydrogen-bond donors (Lipinski definition) is 2. The predicted octanol–water partition coefficient (Wildman–Crippen LogP) is 3.42. The van der Waals surface area contributed by atoms with Crippen molar-refractivity contribution in [3.8, 4) is 5.75 Å². The number of aldehydes is 1. The zero-order valence-electron chi connectivity index (χ0n) is 13.1. The Morgan fingerprint density at radius 2 is 2.05 bits per heavy atom. The van der Waals surface area contributed by atoms with Gasteiger partial charge in [0.05, 0.1) is 11.7 Å². The number of carbonyl (C=O) groups is 1. The quantitative estimate of drug-likeness (QED) is 0.781. The van der Waals surface area contributed by atoms with E-state index in [0.29, 0.717) is 23.3 Å². The normalized spacial score (nSPS) is 39.7. The van der Waals surface area contributed by atoms with Crippen LogP contribution in [0.4, 0.5) is 0 Å². The van der Waals surface area contributed by atoms with Gasteiger partial charge >= 0.3 is 0 Å². The average molecular weight is 300 g/mol. The van der Waals surface area contributed by atoms with Gasteiger partial charge in [0.15, 0.2) is 6.29 Å². The summed E-state index contributed by atoms with van der Waals surface area (Å²) in [6.45, 7) is 2.27. The van der Waals surface area contributed by atoms with Gasteiger partial charge in [0.1, 0.15) is 5.75 Å². The van der Waals surface area contributed by atoms with Gasteiger partial charge in [-0.25, -0.2) is 0 Å². The Labute approximate surface area is 131 Å². The Hall–Kier alpha value is -1.35. The van der Waals surface area contributed by atoms with Crippen molar-refractivity contribution in [1.82, 2.24) is 0 Å². The highest BCUT2D eigenvalue weighted by Gasteiger charge is 2.54. The molecule has 5 atom stereocenters. The molecule has 0 bridgehead atoms. The summed E-state index contributed by atoms with van der Waals surface area (Å²) < 4.78 is 0. The van der Waals surface area contributed by atoms with Crippen LogP contribution >= 0.6 is 0 Å². The number of aromatic hydroxyl groups is 1. The van der Waals surface area contributed by atoms with Crippen LogP contribution in [-0.4, -0.2) is 22.6 Å². The van der Waals surface area contributed by atoms with Gasteiger partial charge in [-0.05, 0) is 78.9 Å². The minimum atomic E-state index is -0.148. The molecule has 0 heterocycles. The Balaban J connectivity index is 1.75. The molecule has 0 aromatic heterocycles. The highest BCUT2D eigenvalue weighted by molar-refractivity contribution is 5.82. The summed E-state index contributed by atoms with van der Waals surface area (Å²) in [5, 5.41) is 20.3. The Morgan fingerprint density at radius 1 is 1.23 bits per heavy atom. The fourth-order valence-electron chi connectivity index (χ4n) is 5.79. The monoisotopic (exact) mass is 300 g/mol. The van der Waals surface area contributed by atoms with E-state index >= 15 is 0 Å². The van der Waals surface area contributed by atoms with Gasteiger partial charge in [-0.1, -0.05) is 13.0 Å². The number of phenols is 1. The summed E-state index contributed by atoms with van der Waals surface area (Å²) in [4.78, 5) is 11.3. The van der Waals surface area contributed by atoms with E-state index in [0.717, 1.165) is 50.4 Å². The highest BCUT2D eigenvalue weighted by atomic mass is 16.3. The predicted molar refractivity (Wildman–Crippen MR) is 84.1 cm³/mol. The Bertz CT molecular complexity index is 623. The highest BCUT2D eigenvalue weighted by Crippen LogP contribution is 2.61. The van der Waals surface area contributed by atoms with E-state index in [1.807, 2.05) is 6.07 Å². The van der Waals surface area contributed by atoms with Gasteiger partial charge in [0, 0.05) is 0 Å². The van der Waals surface area contributed by atoms with Crippen LogP contribution in [0.25, 0.3) is 0 Å². The molecule has 118 valence electrons. The fourth-order valence-corrected chi connectivity index (χ4v) is 5.79. The first-order chi connectivity index (χ1) is 10.6. The van der Waals surface area contributed by atoms with Crippen molar-refractivity contribution in [2.45, 2.75) is 57.5 Å². The van der Waals surface area contributed by atoms with Crippen LogP contribution in [-0.2, 0) is 6.42 Å². The first-order valence-corrected chi connectivity index (χ1v) is 8.54. The van der Waals surface area contributed by atoms with Gasteiger partial charge in [-0.15, -0.1) is 0 Å². The Kier molecular flexibility index (Phi) is 3.12. The molecule has 3 aliphatic carbocycles. The number of aliphatic hydroxyl groups is 1.